The summed E-state index contributed by atoms with van der Waals surface area (Å²) < 4.78 is 0. The summed E-state index contributed by atoms with van der Waals surface area (Å²) in [7, 11) is 0. The molecule has 0 aromatic heterocycles. The first kappa shape index (κ1) is 6.15. The molecule has 1 saturated heterocycles. The van der Waals surface area contributed by atoms with E-state index in [1.54, 1.807) is 12.2 Å². The minimum absolute atomic E-state index is 0.0569. The summed E-state index contributed by atoms with van der Waals surface area (Å²) in [4.78, 5) is 21.1. The lowest BCUT2D eigenvalue weighted by Gasteiger charge is -2.39. The van der Waals surface area contributed by atoms with E-state index in [0.717, 1.165) is 0 Å². The highest BCUT2D eigenvalue weighted by molar-refractivity contribution is 6.01. The Morgan fingerprint density at radius 2 is 1.64 bits per heavy atom. The number of amides is 2. The molecule has 1 fully saturated rings. The molecule has 2 aliphatic rings. The fraction of sp³-hybridized carbons (Fsp3) is 0.143. The second-order valence-corrected chi connectivity index (χ2v) is 2.52. The molecule has 11 heavy (non-hydrogen) atoms. The van der Waals surface area contributed by atoms with Crippen molar-refractivity contribution in [1.82, 2.24) is 10.6 Å². The van der Waals surface area contributed by atoms with Crippen LogP contribution in [0, 0.1) is 0 Å². The fourth-order valence-corrected chi connectivity index (χ4v) is 1.08. The molecule has 56 valence electrons. The SMILES string of the molecule is O=C1C=CC2(C=C1)NC(=O)N2. The molecule has 0 aromatic carbocycles. The average molecular weight is 150 g/mol. The number of nitrogens with one attached hydrogen (secondary N) is 2. The molecule has 0 radical (unpaired) electrons. The van der Waals surface area contributed by atoms with Gasteiger partial charge in [0.2, 0.25) is 0 Å². The molecule has 1 aliphatic heterocycles. The number of hydrogen-bond acceptors (Lipinski definition) is 2. The summed E-state index contributed by atoms with van der Waals surface area (Å²) in [6.45, 7) is 0. The van der Waals surface area contributed by atoms with Crippen LogP contribution in [0.15, 0.2) is 24.3 Å². The van der Waals surface area contributed by atoms with Gasteiger partial charge in [0.15, 0.2) is 11.4 Å². The molecule has 0 unspecified atom stereocenters. The minimum Gasteiger partial charge on any atom is -0.308 e. The van der Waals surface area contributed by atoms with E-state index in [1.165, 1.54) is 12.2 Å². The van der Waals surface area contributed by atoms with Gasteiger partial charge in [-0.2, -0.15) is 0 Å². The topological polar surface area (TPSA) is 58.2 Å². The second-order valence-electron chi connectivity index (χ2n) is 2.52. The molecule has 0 bridgehead atoms. The number of urea groups is 1. The van der Waals surface area contributed by atoms with Crippen LogP contribution < -0.4 is 10.6 Å². The van der Waals surface area contributed by atoms with Gasteiger partial charge in [-0.1, -0.05) is 0 Å². The molecule has 0 saturated carbocycles. The fourth-order valence-electron chi connectivity index (χ4n) is 1.08. The highest BCUT2D eigenvalue weighted by Gasteiger charge is 2.38. The third kappa shape index (κ3) is 0.832. The summed E-state index contributed by atoms with van der Waals surface area (Å²) >= 11 is 0. The van der Waals surface area contributed by atoms with E-state index < -0.39 is 5.66 Å². The Bertz CT molecular complexity index is 265. The zero-order valence-electron chi connectivity index (χ0n) is 5.63. The van der Waals surface area contributed by atoms with Gasteiger partial charge in [-0.25, -0.2) is 4.79 Å². The Morgan fingerprint density at radius 3 is 2.09 bits per heavy atom. The first-order valence-electron chi connectivity index (χ1n) is 3.23. The van der Waals surface area contributed by atoms with Crippen molar-refractivity contribution in [2.75, 3.05) is 0 Å². The standard InChI is InChI=1S/C7H6N2O2/c10-5-1-3-7(4-2-5)8-6(11)9-7/h1-4H,(H2,8,9,11). The van der Waals surface area contributed by atoms with Crippen LogP contribution in [0.3, 0.4) is 0 Å². The maximum absolute atomic E-state index is 10.7. The van der Waals surface area contributed by atoms with Gasteiger partial charge >= 0.3 is 6.03 Å². The van der Waals surface area contributed by atoms with Gasteiger partial charge in [-0.3, -0.25) is 4.79 Å². The number of allylic oxidation sites excluding steroid dienone is 2. The lowest BCUT2D eigenvalue weighted by atomic mass is 10.0. The monoisotopic (exact) mass is 150 g/mol. The van der Waals surface area contributed by atoms with Crippen LogP contribution in [0.5, 0.6) is 0 Å². The van der Waals surface area contributed by atoms with Crippen molar-refractivity contribution < 1.29 is 9.59 Å². The van der Waals surface area contributed by atoms with Crippen molar-refractivity contribution in [3.63, 3.8) is 0 Å². The van der Waals surface area contributed by atoms with Gasteiger partial charge in [-0.15, -0.1) is 0 Å². The predicted molar refractivity (Wildman–Crippen MR) is 37.7 cm³/mol. The Hall–Kier alpha value is -1.58. The first-order chi connectivity index (χ1) is 5.20. The largest absolute Gasteiger partial charge is 0.319 e. The van der Waals surface area contributed by atoms with Crippen molar-refractivity contribution in [1.29, 1.82) is 0 Å². The Balaban J connectivity index is 2.20. The molecule has 1 spiro atoms. The summed E-state index contributed by atoms with van der Waals surface area (Å²) in [5, 5.41) is 5.21. The van der Waals surface area contributed by atoms with Crippen LogP contribution in [-0.4, -0.2) is 17.5 Å². The summed E-state index contributed by atoms with van der Waals surface area (Å²) in [5.41, 5.74) is -0.578. The van der Waals surface area contributed by atoms with Crippen LogP contribution in [0.1, 0.15) is 0 Å². The molecule has 4 nitrogen and oxygen atoms in total. The van der Waals surface area contributed by atoms with E-state index in [1.807, 2.05) is 0 Å². The van der Waals surface area contributed by atoms with Crippen molar-refractivity contribution in [3.8, 4) is 0 Å². The molecular formula is C7H6N2O2. The molecule has 2 rings (SSSR count). The van der Waals surface area contributed by atoms with Crippen molar-refractivity contribution in [3.05, 3.63) is 24.3 Å². The Morgan fingerprint density at radius 1 is 1.09 bits per heavy atom. The molecule has 4 heteroatoms. The van der Waals surface area contributed by atoms with Crippen LogP contribution >= 0.6 is 0 Å². The molecule has 1 aliphatic carbocycles. The quantitative estimate of drug-likeness (QED) is 0.497. The summed E-state index contributed by atoms with van der Waals surface area (Å²) in [6, 6.07) is -0.214. The van der Waals surface area contributed by atoms with E-state index in [-0.39, 0.29) is 11.8 Å². The number of carbonyl (C=O) groups is 2. The van der Waals surface area contributed by atoms with Crippen molar-refractivity contribution >= 4 is 11.8 Å². The third-order valence-corrected chi connectivity index (χ3v) is 1.66. The maximum Gasteiger partial charge on any atom is 0.319 e. The zero-order chi connectivity index (χ0) is 7.90. The lowest BCUT2D eigenvalue weighted by molar-refractivity contribution is -0.110. The average Bonchev–Trinajstić information content (AvgIpc) is 1.92. The molecule has 0 atom stereocenters. The smallest absolute Gasteiger partial charge is 0.308 e. The number of ketones is 1. The number of rotatable bonds is 0. The highest BCUT2D eigenvalue weighted by atomic mass is 16.2. The van der Waals surface area contributed by atoms with E-state index in [0.29, 0.717) is 0 Å². The van der Waals surface area contributed by atoms with Crippen LogP contribution in [-0.2, 0) is 4.79 Å². The second kappa shape index (κ2) is 1.72. The van der Waals surface area contributed by atoms with Crippen LogP contribution in [0.2, 0.25) is 0 Å². The van der Waals surface area contributed by atoms with E-state index in [4.69, 9.17) is 0 Å². The van der Waals surface area contributed by atoms with Crippen LogP contribution in [0.25, 0.3) is 0 Å². The first-order valence-corrected chi connectivity index (χ1v) is 3.23. The predicted octanol–water partition coefficient (Wildman–Crippen LogP) is -0.309. The summed E-state index contributed by atoms with van der Waals surface area (Å²) in [6.07, 6.45) is 6.09. The molecule has 2 amide bonds. The zero-order valence-corrected chi connectivity index (χ0v) is 5.63. The van der Waals surface area contributed by atoms with E-state index in [2.05, 4.69) is 10.6 Å². The third-order valence-electron chi connectivity index (χ3n) is 1.66. The van der Waals surface area contributed by atoms with Gasteiger partial charge in [0.25, 0.3) is 0 Å². The lowest BCUT2D eigenvalue weighted by Crippen LogP contribution is -2.72. The number of hydrogen-bond donors (Lipinski definition) is 2. The van der Waals surface area contributed by atoms with E-state index in [9.17, 15) is 9.59 Å². The Labute approximate surface area is 63.0 Å². The van der Waals surface area contributed by atoms with Gasteiger partial charge < -0.3 is 10.6 Å². The van der Waals surface area contributed by atoms with Gasteiger partial charge in [0, 0.05) is 0 Å². The van der Waals surface area contributed by atoms with Crippen molar-refractivity contribution in [2.45, 2.75) is 5.66 Å². The number of carbonyl (C=O) groups excluding carboxylic acids is 2. The molecular weight excluding hydrogens is 144 g/mol. The minimum atomic E-state index is -0.578. The Kier molecular flexibility index (Phi) is 0.961. The molecule has 0 aromatic rings. The highest BCUT2D eigenvalue weighted by Crippen LogP contribution is 2.15. The molecule has 2 N–H and O–H groups in total. The summed E-state index contributed by atoms with van der Waals surface area (Å²) in [5.74, 6) is -0.0569. The van der Waals surface area contributed by atoms with Gasteiger partial charge in [0.05, 0.1) is 0 Å². The van der Waals surface area contributed by atoms with Gasteiger partial charge in [0.1, 0.15) is 0 Å². The molecule has 1 heterocycles. The maximum atomic E-state index is 10.7. The van der Waals surface area contributed by atoms with Gasteiger partial charge in [-0.05, 0) is 24.3 Å². The van der Waals surface area contributed by atoms with E-state index >= 15 is 0 Å². The normalized spacial score (nSPS) is 24.4. The van der Waals surface area contributed by atoms with Crippen LogP contribution in [0.4, 0.5) is 4.79 Å². The van der Waals surface area contributed by atoms with Crippen molar-refractivity contribution in [2.24, 2.45) is 0 Å².